The number of hydrogen-bond acceptors (Lipinski definition) is 5. The molecule has 0 amide bonds. The van der Waals surface area contributed by atoms with Crippen LogP contribution in [0.4, 0.5) is 0 Å². The molecule has 140 valence electrons. The van der Waals surface area contributed by atoms with Gasteiger partial charge in [-0.1, -0.05) is 24.3 Å². The summed E-state index contributed by atoms with van der Waals surface area (Å²) in [7, 11) is 3.04. The van der Waals surface area contributed by atoms with Gasteiger partial charge in [-0.3, -0.25) is 0 Å². The van der Waals surface area contributed by atoms with E-state index in [1.54, 1.807) is 24.3 Å². The zero-order chi connectivity index (χ0) is 18.9. The van der Waals surface area contributed by atoms with Crippen LogP contribution in [0.2, 0.25) is 0 Å². The molecule has 5 nitrogen and oxygen atoms in total. The van der Waals surface area contributed by atoms with E-state index >= 15 is 0 Å². The fraction of sp³-hybridized carbons (Fsp3) is 0.333. The first kappa shape index (κ1) is 19.7. The fourth-order valence-corrected chi connectivity index (χ4v) is 2.67. The number of phenols is 2. The first-order chi connectivity index (χ1) is 12.5. The third-order valence-corrected chi connectivity index (χ3v) is 4.17. The van der Waals surface area contributed by atoms with Gasteiger partial charge < -0.3 is 24.8 Å². The zero-order valence-corrected chi connectivity index (χ0v) is 15.2. The Balaban J connectivity index is 1.78. The molecule has 5 heteroatoms. The molecule has 0 aliphatic rings. The molecule has 0 saturated carbocycles. The van der Waals surface area contributed by atoms with E-state index in [9.17, 15) is 15.3 Å². The molecule has 0 spiro atoms. The largest absolute Gasteiger partial charge is 0.504 e. The molecule has 2 aromatic carbocycles. The van der Waals surface area contributed by atoms with Crippen LogP contribution in [0.1, 0.15) is 24.0 Å². The van der Waals surface area contributed by atoms with E-state index in [-0.39, 0.29) is 11.5 Å². The minimum atomic E-state index is -0.524. The molecule has 0 bridgehead atoms. The van der Waals surface area contributed by atoms with E-state index in [0.29, 0.717) is 24.3 Å². The average Bonchev–Trinajstić information content (AvgIpc) is 2.65. The molecule has 0 aromatic heterocycles. The van der Waals surface area contributed by atoms with Gasteiger partial charge in [0.15, 0.2) is 23.0 Å². The van der Waals surface area contributed by atoms with Crippen LogP contribution in [0, 0.1) is 0 Å². The van der Waals surface area contributed by atoms with Crippen LogP contribution in [-0.4, -0.2) is 35.6 Å². The van der Waals surface area contributed by atoms with Gasteiger partial charge in [-0.25, -0.2) is 0 Å². The predicted octanol–water partition coefficient (Wildman–Crippen LogP) is 3.60. The first-order valence-electron chi connectivity index (χ1n) is 8.60. The summed E-state index contributed by atoms with van der Waals surface area (Å²) in [5.74, 6) is 1.16. The summed E-state index contributed by atoms with van der Waals surface area (Å²) in [6, 6.07) is 10.5. The number of ether oxygens (including phenoxy) is 2. The second kappa shape index (κ2) is 9.73. The molecule has 0 radical (unpaired) electrons. The van der Waals surface area contributed by atoms with E-state index in [0.717, 1.165) is 24.0 Å². The van der Waals surface area contributed by atoms with Crippen LogP contribution in [0.3, 0.4) is 0 Å². The number of aryl methyl sites for hydroxylation is 2. The van der Waals surface area contributed by atoms with E-state index in [2.05, 4.69) is 0 Å². The highest BCUT2D eigenvalue weighted by atomic mass is 16.5. The SMILES string of the molecule is COc1cc(CC/C=C/C(O)CCc2ccc(O)c(OC)c2)ccc1O. The van der Waals surface area contributed by atoms with Crippen molar-refractivity contribution < 1.29 is 24.8 Å². The number of allylic oxidation sites excluding steroid dienone is 1. The number of rotatable bonds is 9. The molecular weight excluding hydrogens is 332 g/mol. The highest BCUT2D eigenvalue weighted by Gasteiger charge is 2.05. The summed E-state index contributed by atoms with van der Waals surface area (Å²) in [5.41, 5.74) is 2.07. The number of aromatic hydroxyl groups is 2. The van der Waals surface area contributed by atoms with Crippen molar-refractivity contribution >= 4 is 0 Å². The quantitative estimate of drug-likeness (QED) is 0.597. The monoisotopic (exact) mass is 358 g/mol. The maximum atomic E-state index is 10.1. The Hall–Kier alpha value is -2.66. The van der Waals surface area contributed by atoms with Gasteiger partial charge in [0.05, 0.1) is 20.3 Å². The van der Waals surface area contributed by atoms with E-state index in [4.69, 9.17) is 9.47 Å². The molecule has 1 atom stereocenters. The lowest BCUT2D eigenvalue weighted by molar-refractivity contribution is 0.212. The molecule has 1 unspecified atom stereocenters. The lowest BCUT2D eigenvalue weighted by Gasteiger charge is -2.09. The maximum absolute atomic E-state index is 10.1. The minimum absolute atomic E-state index is 0.113. The van der Waals surface area contributed by atoms with Gasteiger partial charge in [0.25, 0.3) is 0 Å². The average molecular weight is 358 g/mol. The Labute approximate surface area is 154 Å². The standard InChI is InChI=1S/C21H26O5/c1-25-20-13-15(8-11-18(20)23)5-3-4-6-17(22)10-7-16-9-12-19(24)21(14-16)26-2/h4,6,8-9,11-14,17,22-24H,3,5,7,10H2,1-2H3/b6-4+. The summed E-state index contributed by atoms with van der Waals surface area (Å²) < 4.78 is 10.2. The predicted molar refractivity (Wildman–Crippen MR) is 101 cm³/mol. The van der Waals surface area contributed by atoms with E-state index in [1.807, 2.05) is 24.3 Å². The van der Waals surface area contributed by atoms with Crippen molar-refractivity contribution in [2.45, 2.75) is 31.8 Å². The van der Waals surface area contributed by atoms with Gasteiger partial charge >= 0.3 is 0 Å². The Kier molecular flexibility index (Phi) is 7.36. The summed E-state index contributed by atoms with van der Waals surface area (Å²) >= 11 is 0. The number of phenolic OH excluding ortho intramolecular Hbond substituents is 2. The van der Waals surface area contributed by atoms with Gasteiger partial charge in [-0.2, -0.15) is 0 Å². The van der Waals surface area contributed by atoms with Crippen molar-refractivity contribution in [3.63, 3.8) is 0 Å². The zero-order valence-electron chi connectivity index (χ0n) is 15.2. The molecule has 0 aliphatic carbocycles. The van der Waals surface area contributed by atoms with Crippen LogP contribution in [0.25, 0.3) is 0 Å². The molecule has 0 saturated heterocycles. The van der Waals surface area contributed by atoms with Crippen LogP contribution >= 0.6 is 0 Å². The van der Waals surface area contributed by atoms with Crippen molar-refractivity contribution in [3.05, 3.63) is 59.7 Å². The number of hydrogen-bond donors (Lipinski definition) is 3. The summed E-state index contributed by atoms with van der Waals surface area (Å²) in [5, 5.41) is 29.3. The molecule has 26 heavy (non-hydrogen) atoms. The Bertz CT molecular complexity index is 739. The fourth-order valence-electron chi connectivity index (χ4n) is 2.67. The Morgan fingerprint density at radius 2 is 1.42 bits per heavy atom. The molecule has 2 rings (SSSR count). The molecule has 2 aromatic rings. The molecule has 0 aliphatic heterocycles. The highest BCUT2D eigenvalue weighted by Crippen LogP contribution is 2.27. The molecule has 0 fully saturated rings. The van der Waals surface area contributed by atoms with Crippen LogP contribution in [0.5, 0.6) is 23.0 Å². The van der Waals surface area contributed by atoms with Crippen molar-refractivity contribution in [3.8, 4) is 23.0 Å². The number of methoxy groups -OCH3 is 2. The van der Waals surface area contributed by atoms with Gasteiger partial charge in [-0.05, 0) is 61.1 Å². The Morgan fingerprint density at radius 3 is 1.96 bits per heavy atom. The topological polar surface area (TPSA) is 79.2 Å². The normalized spacial score (nSPS) is 12.3. The summed E-state index contributed by atoms with van der Waals surface area (Å²) in [6.45, 7) is 0. The van der Waals surface area contributed by atoms with E-state index < -0.39 is 6.10 Å². The van der Waals surface area contributed by atoms with Crippen molar-refractivity contribution in [1.29, 1.82) is 0 Å². The molecular formula is C21H26O5. The second-order valence-electron chi connectivity index (χ2n) is 6.09. The third-order valence-electron chi connectivity index (χ3n) is 4.17. The highest BCUT2D eigenvalue weighted by molar-refractivity contribution is 5.42. The molecule has 3 N–H and O–H groups in total. The van der Waals surface area contributed by atoms with Crippen molar-refractivity contribution in [2.75, 3.05) is 14.2 Å². The van der Waals surface area contributed by atoms with Gasteiger partial charge in [0.2, 0.25) is 0 Å². The van der Waals surface area contributed by atoms with Crippen LogP contribution < -0.4 is 9.47 Å². The van der Waals surface area contributed by atoms with Crippen molar-refractivity contribution in [2.24, 2.45) is 0 Å². The Morgan fingerprint density at radius 1 is 0.885 bits per heavy atom. The molecule has 0 heterocycles. The number of benzene rings is 2. The second-order valence-corrected chi connectivity index (χ2v) is 6.09. The van der Waals surface area contributed by atoms with Crippen molar-refractivity contribution in [1.82, 2.24) is 0 Å². The summed E-state index contributed by atoms with van der Waals surface area (Å²) in [4.78, 5) is 0. The summed E-state index contributed by atoms with van der Waals surface area (Å²) in [6.07, 6.45) is 6.11. The first-order valence-corrected chi connectivity index (χ1v) is 8.60. The minimum Gasteiger partial charge on any atom is -0.504 e. The number of aliphatic hydroxyl groups excluding tert-OH is 1. The maximum Gasteiger partial charge on any atom is 0.160 e. The lowest BCUT2D eigenvalue weighted by atomic mass is 10.0. The third kappa shape index (κ3) is 5.70. The van der Waals surface area contributed by atoms with Crippen LogP contribution in [0.15, 0.2) is 48.6 Å². The van der Waals surface area contributed by atoms with Gasteiger partial charge in [-0.15, -0.1) is 0 Å². The van der Waals surface area contributed by atoms with E-state index in [1.165, 1.54) is 14.2 Å². The van der Waals surface area contributed by atoms with Gasteiger partial charge in [0.1, 0.15) is 0 Å². The lowest BCUT2D eigenvalue weighted by Crippen LogP contribution is -2.04. The smallest absolute Gasteiger partial charge is 0.160 e. The van der Waals surface area contributed by atoms with Crippen LogP contribution in [-0.2, 0) is 12.8 Å². The number of aliphatic hydroxyl groups is 1. The van der Waals surface area contributed by atoms with Gasteiger partial charge in [0, 0.05) is 0 Å².